The van der Waals surface area contributed by atoms with Crippen LogP contribution >= 0.6 is 11.6 Å². The van der Waals surface area contributed by atoms with Crippen molar-refractivity contribution in [2.75, 3.05) is 11.4 Å². The van der Waals surface area contributed by atoms with Crippen molar-refractivity contribution >= 4 is 23.3 Å². The first-order valence-corrected chi connectivity index (χ1v) is 10.8. The SMILES string of the molecule is O=C(O)c1cc2c3c(c1)[C@@H]1C=CC[C@@H]1[C@H](c1ccccc1Cl)N3C[C@H]1CC=C[C@H]21. The fourth-order valence-corrected chi connectivity index (χ4v) is 6.41. The maximum absolute atomic E-state index is 11.9. The molecule has 0 aromatic heterocycles. The quantitative estimate of drug-likeness (QED) is 0.631. The summed E-state index contributed by atoms with van der Waals surface area (Å²) in [6.07, 6.45) is 11.1. The number of allylic oxidation sites excluding steroid dienone is 4. The number of nitrogens with zero attached hydrogens (tertiary/aromatic N) is 1. The third-order valence-corrected chi connectivity index (χ3v) is 7.66. The van der Waals surface area contributed by atoms with E-state index in [2.05, 4.69) is 41.3 Å². The Morgan fingerprint density at radius 3 is 2.52 bits per heavy atom. The van der Waals surface area contributed by atoms with Gasteiger partial charge in [-0.25, -0.2) is 4.79 Å². The number of hydrogen-bond acceptors (Lipinski definition) is 2. The van der Waals surface area contributed by atoms with Crippen LogP contribution < -0.4 is 4.90 Å². The molecule has 0 fully saturated rings. The smallest absolute Gasteiger partial charge is 0.335 e. The van der Waals surface area contributed by atoms with Crippen LogP contribution in [0.4, 0.5) is 5.69 Å². The van der Waals surface area contributed by atoms with Crippen molar-refractivity contribution in [3.8, 4) is 0 Å². The number of fused-ring (bicyclic) bond motifs is 4. The van der Waals surface area contributed by atoms with Crippen molar-refractivity contribution in [1.29, 1.82) is 0 Å². The Hall–Kier alpha value is -2.52. The maximum atomic E-state index is 11.9. The highest BCUT2D eigenvalue weighted by Gasteiger charge is 2.48. The number of hydrogen-bond donors (Lipinski definition) is 1. The Bertz CT molecular complexity index is 1070. The van der Waals surface area contributed by atoms with Gasteiger partial charge in [0.05, 0.1) is 11.6 Å². The van der Waals surface area contributed by atoms with Gasteiger partial charge >= 0.3 is 5.97 Å². The van der Waals surface area contributed by atoms with Crippen molar-refractivity contribution in [2.24, 2.45) is 11.8 Å². The fourth-order valence-electron chi connectivity index (χ4n) is 6.17. The number of carboxylic acids is 1. The lowest BCUT2D eigenvalue weighted by atomic mass is 9.70. The van der Waals surface area contributed by atoms with Gasteiger partial charge in [-0.05, 0) is 59.6 Å². The van der Waals surface area contributed by atoms with E-state index in [4.69, 9.17) is 11.6 Å². The second-order valence-electron chi connectivity index (χ2n) is 8.73. The lowest BCUT2D eigenvalue weighted by Gasteiger charge is -2.51. The predicted octanol–water partition coefficient (Wildman–Crippen LogP) is 5.93. The molecule has 0 bridgehead atoms. The molecule has 6 rings (SSSR count). The summed E-state index contributed by atoms with van der Waals surface area (Å²) in [7, 11) is 0. The van der Waals surface area contributed by atoms with Crippen molar-refractivity contribution in [3.63, 3.8) is 0 Å². The molecular formula is C25H22ClNO2. The highest BCUT2D eigenvalue weighted by molar-refractivity contribution is 6.31. The monoisotopic (exact) mass is 403 g/mol. The Balaban J connectivity index is 1.62. The van der Waals surface area contributed by atoms with Crippen LogP contribution in [0.15, 0.2) is 60.7 Å². The Labute approximate surface area is 175 Å². The summed E-state index contributed by atoms with van der Waals surface area (Å²) >= 11 is 6.70. The van der Waals surface area contributed by atoms with E-state index >= 15 is 0 Å². The van der Waals surface area contributed by atoms with Crippen LogP contribution in [0.5, 0.6) is 0 Å². The number of aromatic carboxylic acids is 1. The van der Waals surface area contributed by atoms with Gasteiger partial charge in [-0.15, -0.1) is 0 Å². The van der Waals surface area contributed by atoms with E-state index < -0.39 is 5.97 Å². The number of carboxylic acid groups (broad SMARTS) is 1. The summed E-state index contributed by atoms with van der Waals surface area (Å²) in [5, 5.41) is 10.6. The molecule has 2 aromatic carbocycles. The summed E-state index contributed by atoms with van der Waals surface area (Å²) < 4.78 is 0. The predicted molar refractivity (Wildman–Crippen MR) is 115 cm³/mol. The fraction of sp³-hybridized carbons (Fsp3) is 0.320. The lowest BCUT2D eigenvalue weighted by Crippen LogP contribution is -2.46. The summed E-state index contributed by atoms with van der Waals surface area (Å²) in [6.45, 7) is 0.989. The van der Waals surface area contributed by atoms with Crippen LogP contribution in [0, 0.1) is 11.8 Å². The minimum Gasteiger partial charge on any atom is -0.478 e. The van der Waals surface area contributed by atoms with Gasteiger partial charge in [-0.2, -0.15) is 0 Å². The van der Waals surface area contributed by atoms with Gasteiger partial charge in [0, 0.05) is 29.1 Å². The molecule has 2 aliphatic heterocycles. The maximum Gasteiger partial charge on any atom is 0.335 e. The Morgan fingerprint density at radius 1 is 1.00 bits per heavy atom. The van der Waals surface area contributed by atoms with E-state index in [-0.39, 0.29) is 12.0 Å². The molecule has 29 heavy (non-hydrogen) atoms. The van der Waals surface area contributed by atoms with E-state index in [1.165, 1.54) is 22.4 Å². The zero-order valence-electron chi connectivity index (χ0n) is 16.0. The van der Waals surface area contributed by atoms with Crippen molar-refractivity contribution < 1.29 is 9.90 Å². The van der Waals surface area contributed by atoms with Crippen molar-refractivity contribution in [3.05, 3.63) is 88.0 Å². The van der Waals surface area contributed by atoms with Crippen molar-refractivity contribution in [2.45, 2.75) is 30.7 Å². The van der Waals surface area contributed by atoms with Gasteiger partial charge in [0.25, 0.3) is 0 Å². The van der Waals surface area contributed by atoms with Crippen LogP contribution in [0.1, 0.15) is 57.8 Å². The zero-order valence-corrected chi connectivity index (χ0v) is 16.7. The normalized spacial score (nSPS) is 30.8. The van der Waals surface area contributed by atoms with Gasteiger partial charge in [0.2, 0.25) is 0 Å². The highest BCUT2D eigenvalue weighted by atomic mass is 35.5. The lowest BCUT2D eigenvalue weighted by molar-refractivity contribution is 0.0696. The molecule has 4 aliphatic rings. The first-order chi connectivity index (χ1) is 14.1. The first kappa shape index (κ1) is 17.3. The molecule has 2 aromatic rings. The number of rotatable bonds is 2. The molecule has 3 nitrogen and oxygen atoms in total. The molecule has 0 spiro atoms. The van der Waals surface area contributed by atoms with Crippen LogP contribution in [-0.4, -0.2) is 17.6 Å². The molecule has 0 saturated heterocycles. The van der Waals surface area contributed by atoms with E-state index in [1.807, 2.05) is 24.3 Å². The third-order valence-electron chi connectivity index (χ3n) is 7.32. The third kappa shape index (κ3) is 2.40. The highest BCUT2D eigenvalue weighted by Crippen LogP contribution is 2.59. The second-order valence-corrected chi connectivity index (χ2v) is 9.14. The zero-order chi connectivity index (χ0) is 19.7. The molecule has 146 valence electrons. The first-order valence-electron chi connectivity index (χ1n) is 10.4. The summed E-state index contributed by atoms with van der Waals surface area (Å²) in [4.78, 5) is 14.5. The minimum atomic E-state index is -0.841. The van der Waals surface area contributed by atoms with Crippen LogP contribution in [-0.2, 0) is 0 Å². The average Bonchev–Trinajstić information content (AvgIpc) is 3.38. The van der Waals surface area contributed by atoms with E-state index in [9.17, 15) is 9.90 Å². The molecule has 5 atom stereocenters. The van der Waals surface area contributed by atoms with Gasteiger partial charge in [-0.3, -0.25) is 0 Å². The van der Waals surface area contributed by atoms with Crippen LogP contribution in [0.2, 0.25) is 5.02 Å². The van der Waals surface area contributed by atoms with Crippen LogP contribution in [0.3, 0.4) is 0 Å². The standard InChI is InChI=1S/C25H22ClNO2/c26-22-10-2-1-6-19(22)23-18-9-4-8-17(18)21-12-15(25(28)29)11-20-16-7-3-5-14(16)13-27(23)24(20)21/h1-4,6-8,10-12,14,16-18,23H,5,9,13H2,(H,28,29)/t14-,16+,17-,18+,23-/m1/s1. The summed E-state index contributed by atoms with van der Waals surface area (Å²) in [5.74, 6) is 0.586. The van der Waals surface area contributed by atoms with Gasteiger partial charge in [-0.1, -0.05) is 54.1 Å². The molecule has 0 saturated carbocycles. The number of halogens is 1. The second kappa shape index (κ2) is 6.24. The van der Waals surface area contributed by atoms with Crippen LogP contribution in [0.25, 0.3) is 0 Å². The molecule has 2 aliphatic carbocycles. The van der Waals surface area contributed by atoms with Gasteiger partial charge in [0.1, 0.15) is 0 Å². The molecule has 0 unspecified atom stereocenters. The van der Waals surface area contributed by atoms with Crippen molar-refractivity contribution in [1.82, 2.24) is 0 Å². The minimum absolute atomic E-state index is 0.215. The summed E-state index contributed by atoms with van der Waals surface area (Å²) in [5.41, 5.74) is 5.22. The number of benzene rings is 2. The molecule has 0 amide bonds. The Kier molecular flexibility index (Phi) is 3.73. The van der Waals surface area contributed by atoms with E-state index in [0.29, 0.717) is 23.3 Å². The average molecular weight is 404 g/mol. The number of carbonyl (C=O) groups is 1. The molecule has 1 N–H and O–H groups in total. The molecule has 2 heterocycles. The largest absolute Gasteiger partial charge is 0.478 e. The summed E-state index contributed by atoms with van der Waals surface area (Å²) in [6, 6.07) is 12.3. The topological polar surface area (TPSA) is 40.5 Å². The molecule has 0 radical (unpaired) electrons. The Morgan fingerprint density at radius 2 is 1.72 bits per heavy atom. The van der Waals surface area contributed by atoms with E-state index in [0.717, 1.165) is 24.4 Å². The molecule has 4 heteroatoms. The van der Waals surface area contributed by atoms with E-state index in [1.54, 1.807) is 0 Å². The molecular weight excluding hydrogens is 382 g/mol. The van der Waals surface area contributed by atoms with Gasteiger partial charge < -0.3 is 10.0 Å². The number of anilines is 1. The van der Waals surface area contributed by atoms with Gasteiger partial charge in [0.15, 0.2) is 0 Å².